The Morgan fingerprint density at radius 3 is 2.54 bits per heavy atom. The zero-order valence-electron chi connectivity index (χ0n) is 19.2. The molecular weight excluding hydrogens is 508 g/mol. The maximum absolute atomic E-state index is 13.2. The van der Waals surface area contributed by atoms with Crippen molar-refractivity contribution in [2.24, 2.45) is 0 Å². The number of carboxylic acids is 1. The fourth-order valence-corrected chi connectivity index (χ4v) is 5.07. The molecular formula is C23H20N4O9S. The number of benzene rings is 1. The number of aromatic amines is 1. The first-order valence-corrected chi connectivity index (χ1v) is 11.9. The fraction of sp³-hybridized carbons (Fsp3) is 0.261. The van der Waals surface area contributed by atoms with E-state index in [4.69, 9.17) is 9.47 Å². The van der Waals surface area contributed by atoms with Crippen LogP contribution in [0.1, 0.15) is 29.1 Å². The van der Waals surface area contributed by atoms with E-state index in [-0.39, 0.29) is 29.3 Å². The van der Waals surface area contributed by atoms with Crippen molar-refractivity contribution in [3.8, 4) is 0 Å². The van der Waals surface area contributed by atoms with Crippen molar-refractivity contribution >= 4 is 41.5 Å². The number of hydrogen-bond donors (Lipinski definition) is 3. The van der Waals surface area contributed by atoms with E-state index in [2.05, 4.69) is 15.5 Å². The second-order valence-corrected chi connectivity index (χ2v) is 9.04. The van der Waals surface area contributed by atoms with Crippen molar-refractivity contribution in [2.75, 3.05) is 12.4 Å². The monoisotopic (exact) mass is 528 g/mol. The van der Waals surface area contributed by atoms with Gasteiger partial charge in [0.15, 0.2) is 5.69 Å². The zero-order valence-corrected chi connectivity index (χ0v) is 20.0. The number of H-pyrrole nitrogens is 1. The molecule has 4 rings (SSSR count). The van der Waals surface area contributed by atoms with Crippen LogP contribution >= 0.6 is 11.8 Å². The van der Waals surface area contributed by atoms with Gasteiger partial charge in [0.1, 0.15) is 23.7 Å². The van der Waals surface area contributed by atoms with E-state index < -0.39 is 52.8 Å². The van der Waals surface area contributed by atoms with Crippen molar-refractivity contribution in [2.45, 2.75) is 24.4 Å². The normalized spacial score (nSPS) is 19.3. The second-order valence-electron chi connectivity index (χ2n) is 7.94. The van der Waals surface area contributed by atoms with E-state index in [9.17, 15) is 33.9 Å². The summed E-state index contributed by atoms with van der Waals surface area (Å²) in [7, 11) is 0. The van der Waals surface area contributed by atoms with E-state index in [1.54, 1.807) is 30.3 Å². The summed E-state index contributed by atoms with van der Waals surface area (Å²) < 4.78 is 10.3. The second kappa shape index (κ2) is 10.7. The first-order valence-electron chi connectivity index (χ1n) is 10.8. The lowest BCUT2D eigenvalue weighted by molar-refractivity contribution is -0.152. The number of nitrogens with zero attached hydrogens (tertiary/aromatic N) is 2. The Morgan fingerprint density at radius 1 is 1.19 bits per heavy atom. The van der Waals surface area contributed by atoms with Crippen LogP contribution in [0.25, 0.3) is 0 Å². The van der Waals surface area contributed by atoms with Crippen LogP contribution < -0.4 is 10.9 Å². The van der Waals surface area contributed by atoms with Crippen molar-refractivity contribution in [1.82, 2.24) is 20.4 Å². The number of aromatic nitrogens is 2. The van der Waals surface area contributed by atoms with Gasteiger partial charge in [0, 0.05) is 29.9 Å². The third kappa shape index (κ3) is 5.38. The van der Waals surface area contributed by atoms with Crippen LogP contribution in [0.2, 0.25) is 0 Å². The van der Waals surface area contributed by atoms with Gasteiger partial charge in [-0.3, -0.25) is 24.1 Å². The van der Waals surface area contributed by atoms with Gasteiger partial charge in [-0.2, -0.15) is 5.10 Å². The molecule has 3 heterocycles. The highest BCUT2D eigenvalue weighted by atomic mass is 32.2. The summed E-state index contributed by atoms with van der Waals surface area (Å²) in [5.74, 6) is -4.28. The Hall–Kier alpha value is -4.46. The lowest BCUT2D eigenvalue weighted by Crippen LogP contribution is -2.71. The highest BCUT2D eigenvalue weighted by Crippen LogP contribution is 2.40. The summed E-state index contributed by atoms with van der Waals surface area (Å²) in [5.41, 5.74) is -0.494. The number of β-lactam (4-membered cyclic amide) rings is 1. The van der Waals surface area contributed by atoms with Gasteiger partial charge < -0.3 is 19.9 Å². The SMILES string of the molecule is CC(=O)OCC1=C(C(=O)O)N2C(=O)[C@H](NC(=O)C(OC(=O)c3ccc(=O)[nH]n3)c3ccccc3)[C@H]2SC1. The summed E-state index contributed by atoms with van der Waals surface area (Å²) in [5, 5.41) is 17.2. The molecule has 14 heteroatoms. The number of carbonyl (C=O) groups is 5. The molecule has 2 aliphatic heterocycles. The van der Waals surface area contributed by atoms with E-state index in [0.717, 1.165) is 17.0 Å². The number of hydrogen-bond acceptors (Lipinski definition) is 10. The standard InChI is InChI=1S/C23H20N4O9S/c1-11(28)35-9-13-10-37-21-16(20(31)27(21)17(13)22(32)33)24-19(30)18(12-5-3-2-4-6-12)36-23(34)14-7-8-15(29)26-25-14/h2-8,16,18,21H,9-10H2,1H3,(H,24,30)(H,26,29)(H,32,33)/t16-,18?,21+/m0/s1. The van der Waals surface area contributed by atoms with E-state index >= 15 is 0 Å². The first kappa shape index (κ1) is 25.6. The number of carbonyl (C=O) groups excluding carboxylic acids is 4. The van der Waals surface area contributed by atoms with Crippen molar-refractivity contribution in [3.05, 3.63) is 75.3 Å². The molecule has 1 aromatic heterocycles. The molecule has 2 amide bonds. The minimum atomic E-state index is -1.47. The van der Waals surface area contributed by atoms with Gasteiger partial charge in [0.2, 0.25) is 6.10 Å². The third-order valence-corrected chi connectivity index (χ3v) is 6.79. The molecule has 0 radical (unpaired) electrons. The first-order chi connectivity index (χ1) is 17.7. The summed E-state index contributed by atoms with van der Waals surface area (Å²) >= 11 is 1.19. The molecule has 1 saturated heterocycles. The lowest BCUT2D eigenvalue weighted by Gasteiger charge is -2.49. The number of nitrogens with one attached hydrogen (secondary N) is 2. The minimum Gasteiger partial charge on any atom is -0.477 e. The van der Waals surface area contributed by atoms with Crippen molar-refractivity contribution in [1.29, 1.82) is 0 Å². The van der Waals surface area contributed by atoms with Crippen LogP contribution in [0.4, 0.5) is 0 Å². The molecule has 0 aliphatic carbocycles. The van der Waals surface area contributed by atoms with Crippen molar-refractivity contribution < 1.29 is 38.6 Å². The largest absolute Gasteiger partial charge is 0.477 e. The number of fused-ring (bicyclic) bond motifs is 1. The average Bonchev–Trinajstić information content (AvgIpc) is 2.88. The Balaban J connectivity index is 1.52. The highest BCUT2D eigenvalue weighted by molar-refractivity contribution is 8.00. The number of esters is 2. The van der Waals surface area contributed by atoms with E-state index in [1.807, 2.05) is 0 Å². The zero-order chi connectivity index (χ0) is 26.7. The Morgan fingerprint density at radius 2 is 1.92 bits per heavy atom. The highest BCUT2D eigenvalue weighted by Gasteiger charge is 2.54. The molecule has 0 spiro atoms. The number of carboxylic acid groups (broad SMARTS) is 1. The molecule has 1 unspecified atom stereocenters. The molecule has 2 aliphatic rings. The third-order valence-electron chi connectivity index (χ3n) is 5.45. The molecule has 37 heavy (non-hydrogen) atoms. The van der Waals surface area contributed by atoms with E-state index in [1.165, 1.54) is 18.7 Å². The van der Waals surface area contributed by atoms with Gasteiger partial charge in [0.05, 0.1) is 0 Å². The van der Waals surface area contributed by atoms with Gasteiger partial charge in [-0.1, -0.05) is 30.3 Å². The predicted molar refractivity (Wildman–Crippen MR) is 126 cm³/mol. The summed E-state index contributed by atoms with van der Waals surface area (Å²) in [6.07, 6.45) is -1.47. The van der Waals surface area contributed by atoms with Crippen LogP contribution in [0, 0.1) is 0 Å². The predicted octanol–water partition coefficient (Wildman–Crippen LogP) is -0.0303. The van der Waals surface area contributed by atoms with Gasteiger partial charge >= 0.3 is 17.9 Å². The van der Waals surface area contributed by atoms with Gasteiger partial charge in [0.25, 0.3) is 17.4 Å². The van der Waals surface area contributed by atoms with Gasteiger partial charge in [-0.15, -0.1) is 11.8 Å². The molecule has 192 valence electrons. The van der Waals surface area contributed by atoms with Gasteiger partial charge in [-0.05, 0) is 6.07 Å². The van der Waals surface area contributed by atoms with Crippen LogP contribution in [0.15, 0.2) is 58.5 Å². The van der Waals surface area contributed by atoms with Crippen molar-refractivity contribution in [3.63, 3.8) is 0 Å². The van der Waals surface area contributed by atoms with Gasteiger partial charge in [-0.25, -0.2) is 14.7 Å². The molecule has 3 N–H and O–H groups in total. The quantitative estimate of drug-likeness (QED) is 0.309. The average molecular weight is 528 g/mol. The van der Waals surface area contributed by atoms with Crippen LogP contribution in [0.3, 0.4) is 0 Å². The van der Waals surface area contributed by atoms with Crippen LogP contribution in [-0.2, 0) is 28.7 Å². The molecule has 1 fully saturated rings. The van der Waals surface area contributed by atoms with Crippen LogP contribution in [0.5, 0.6) is 0 Å². The number of ether oxygens (including phenoxy) is 2. The number of rotatable bonds is 8. The number of aliphatic carboxylic acids is 1. The summed E-state index contributed by atoms with van der Waals surface area (Å²) in [6.45, 7) is 0.908. The maximum atomic E-state index is 13.2. The minimum absolute atomic E-state index is 0.157. The smallest absolute Gasteiger partial charge is 0.359 e. The summed E-state index contributed by atoms with van der Waals surface area (Å²) in [6, 6.07) is 9.18. The Bertz CT molecular complexity index is 1340. The van der Waals surface area contributed by atoms with Crippen LogP contribution in [-0.4, -0.2) is 73.7 Å². The maximum Gasteiger partial charge on any atom is 0.359 e. The molecule has 0 saturated carbocycles. The number of thioether (sulfide) groups is 1. The molecule has 3 atom stereocenters. The number of amides is 2. The lowest BCUT2D eigenvalue weighted by atomic mass is 10.0. The van der Waals surface area contributed by atoms with E-state index in [0.29, 0.717) is 5.56 Å². The molecule has 13 nitrogen and oxygen atoms in total. The Kier molecular flexibility index (Phi) is 7.38. The summed E-state index contributed by atoms with van der Waals surface area (Å²) in [4.78, 5) is 74.0. The molecule has 2 aromatic rings. The topological polar surface area (TPSA) is 185 Å². The Labute approximate surface area is 212 Å². The molecule has 0 bridgehead atoms. The molecule has 1 aromatic carbocycles. The fourth-order valence-electron chi connectivity index (χ4n) is 3.74.